The van der Waals surface area contributed by atoms with Crippen LogP contribution in [0.5, 0.6) is 11.5 Å². The van der Waals surface area contributed by atoms with Crippen LogP contribution < -0.4 is 14.8 Å². The number of anilines is 1. The molecule has 0 radical (unpaired) electrons. The molecule has 0 aliphatic carbocycles. The number of furan rings is 1. The SMILES string of the molecule is O=C(CN1CCC(c2nnc(-c3ccco3)o2)CC1)Nc1ccc2c(c1)OCO2. The van der Waals surface area contributed by atoms with Crippen LogP contribution in [0.4, 0.5) is 5.69 Å². The van der Waals surface area contributed by atoms with Gasteiger partial charge in [-0.2, -0.15) is 0 Å². The van der Waals surface area contributed by atoms with E-state index < -0.39 is 0 Å². The van der Waals surface area contributed by atoms with Crippen LogP contribution in [0, 0.1) is 0 Å². The number of benzene rings is 1. The van der Waals surface area contributed by atoms with Crippen molar-refractivity contribution in [3.63, 3.8) is 0 Å². The van der Waals surface area contributed by atoms with Gasteiger partial charge >= 0.3 is 0 Å². The minimum absolute atomic E-state index is 0.0554. The number of fused-ring (bicyclic) bond motifs is 1. The van der Waals surface area contributed by atoms with E-state index in [1.807, 2.05) is 6.07 Å². The highest BCUT2D eigenvalue weighted by Crippen LogP contribution is 2.34. The zero-order valence-corrected chi connectivity index (χ0v) is 15.7. The number of ether oxygens (including phenoxy) is 2. The molecule has 9 nitrogen and oxygen atoms in total. The number of amides is 1. The lowest BCUT2D eigenvalue weighted by atomic mass is 9.97. The fourth-order valence-corrected chi connectivity index (χ4v) is 3.62. The molecule has 4 heterocycles. The second-order valence-corrected chi connectivity index (χ2v) is 7.09. The zero-order chi connectivity index (χ0) is 19.6. The van der Waals surface area contributed by atoms with E-state index in [2.05, 4.69) is 20.4 Å². The summed E-state index contributed by atoms with van der Waals surface area (Å²) in [6.45, 7) is 2.13. The van der Waals surface area contributed by atoms with Crippen LogP contribution in [0.3, 0.4) is 0 Å². The van der Waals surface area contributed by atoms with Gasteiger partial charge in [0.1, 0.15) is 0 Å². The molecule has 1 saturated heterocycles. The molecule has 1 amide bonds. The summed E-state index contributed by atoms with van der Waals surface area (Å²) in [4.78, 5) is 14.5. The molecule has 2 aromatic heterocycles. The highest BCUT2D eigenvalue weighted by atomic mass is 16.7. The van der Waals surface area contributed by atoms with Gasteiger partial charge in [0.25, 0.3) is 5.89 Å². The first-order valence-corrected chi connectivity index (χ1v) is 9.54. The third-order valence-electron chi connectivity index (χ3n) is 5.13. The molecule has 29 heavy (non-hydrogen) atoms. The molecule has 0 atom stereocenters. The van der Waals surface area contributed by atoms with E-state index in [0.29, 0.717) is 41.3 Å². The normalized spacial score (nSPS) is 16.8. The molecule has 1 aromatic carbocycles. The van der Waals surface area contributed by atoms with E-state index in [-0.39, 0.29) is 18.6 Å². The molecule has 9 heteroatoms. The lowest BCUT2D eigenvalue weighted by molar-refractivity contribution is -0.117. The van der Waals surface area contributed by atoms with Gasteiger partial charge in [0, 0.05) is 17.7 Å². The molecule has 1 fully saturated rings. The van der Waals surface area contributed by atoms with Crippen molar-refractivity contribution in [1.29, 1.82) is 0 Å². The smallest absolute Gasteiger partial charge is 0.283 e. The van der Waals surface area contributed by atoms with Crippen molar-refractivity contribution in [2.24, 2.45) is 0 Å². The van der Waals surface area contributed by atoms with Gasteiger partial charge in [-0.25, -0.2) is 0 Å². The monoisotopic (exact) mass is 396 g/mol. The summed E-state index contributed by atoms with van der Waals surface area (Å²) in [5, 5.41) is 11.1. The maximum Gasteiger partial charge on any atom is 0.283 e. The van der Waals surface area contributed by atoms with Crippen molar-refractivity contribution in [3.05, 3.63) is 42.5 Å². The summed E-state index contributed by atoms with van der Waals surface area (Å²) in [5.74, 6) is 3.08. The molecule has 0 spiro atoms. The zero-order valence-electron chi connectivity index (χ0n) is 15.7. The Morgan fingerprint density at radius 1 is 1.14 bits per heavy atom. The van der Waals surface area contributed by atoms with Crippen molar-refractivity contribution < 1.29 is 23.1 Å². The highest BCUT2D eigenvalue weighted by Gasteiger charge is 2.26. The first-order valence-electron chi connectivity index (χ1n) is 9.54. The van der Waals surface area contributed by atoms with Gasteiger partial charge in [-0.1, -0.05) is 0 Å². The topological polar surface area (TPSA) is 103 Å². The number of nitrogens with one attached hydrogen (secondary N) is 1. The van der Waals surface area contributed by atoms with E-state index in [0.717, 1.165) is 25.9 Å². The summed E-state index contributed by atoms with van der Waals surface area (Å²) in [5.41, 5.74) is 0.699. The van der Waals surface area contributed by atoms with E-state index in [9.17, 15) is 4.79 Å². The average Bonchev–Trinajstić information content (AvgIpc) is 3.48. The Kier molecular flexibility index (Phi) is 4.65. The molecule has 2 aliphatic rings. The van der Waals surface area contributed by atoms with Crippen molar-refractivity contribution in [2.75, 3.05) is 31.7 Å². The lowest BCUT2D eigenvalue weighted by Gasteiger charge is -2.29. The van der Waals surface area contributed by atoms with E-state index in [4.69, 9.17) is 18.3 Å². The number of carbonyl (C=O) groups is 1. The average molecular weight is 396 g/mol. The number of carbonyl (C=O) groups excluding carboxylic acids is 1. The molecule has 150 valence electrons. The van der Waals surface area contributed by atoms with E-state index >= 15 is 0 Å². The van der Waals surface area contributed by atoms with Gasteiger partial charge in [-0.05, 0) is 50.2 Å². The second kappa shape index (κ2) is 7.59. The summed E-state index contributed by atoms with van der Waals surface area (Å²) < 4.78 is 21.7. The standard InChI is InChI=1S/C20H20N4O5/c25-18(21-14-3-4-15-17(10-14)28-12-27-15)11-24-7-5-13(6-8-24)19-22-23-20(29-19)16-2-1-9-26-16/h1-4,9-10,13H,5-8,11-12H2,(H,21,25). The Morgan fingerprint density at radius 3 is 2.83 bits per heavy atom. The second-order valence-electron chi connectivity index (χ2n) is 7.09. The van der Waals surface area contributed by atoms with Crippen LogP contribution in [-0.2, 0) is 4.79 Å². The number of hydrogen-bond acceptors (Lipinski definition) is 8. The molecule has 2 aliphatic heterocycles. The number of nitrogens with zero attached hydrogens (tertiary/aromatic N) is 3. The third-order valence-corrected chi connectivity index (χ3v) is 5.13. The van der Waals surface area contributed by atoms with Crippen molar-refractivity contribution in [2.45, 2.75) is 18.8 Å². The summed E-state index contributed by atoms with van der Waals surface area (Å²) in [6, 6.07) is 8.96. The Labute approximate surface area is 166 Å². The molecular formula is C20H20N4O5. The largest absolute Gasteiger partial charge is 0.459 e. The number of likely N-dealkylation sites (tertiary alicyclic amines) is 1. The predicted octanol–water partition coefficient (Wildman–Crippen LogP) is 2.88. The van der Waals surface area contributed by atoms with Gasteiger partial charge in [0.05, 0.1) is 12.8 Å². The number of hydrogen-bond donors (Lipinski definition) is 1. The minimum atomic E-state index is -0.0554. The molecule has 0 bridgehead atoms. The summed E-state index contributed by atoms with van der Waals surface area (Å²) in [6.07, 6.45) is 3.29. The quantitative estimate of drug-likeness (QED) is 0.702. The van der Waals surface area contributed by atoms with Crippen molar-refractivity contribution in [3.8, 4) is 23.1 Å². The van der Waals surface area contributed by atoms with Crippen molar-refractivity contribution >= 4 is 11.6 Å². The number of aromatic nitrogens is 2. The Morgan fingerprint density at radius 2 is 2.00 bits per heavy atom. The van der Waals surface area contributed by atoms with Crippen LogP contribution in [0.25, 0.3) is 11.7 Å². The van der Waals surface area contributed by atoms with E-state index in [1.54, 1.807) is 30.5 Å². The Hall–Kier alpha value is -3.33. The number of piperidine rings is 1. The molecule has 0 saturated carbocycles. The van der Waals surface area contributed by atoms with Gasteiger partial charge < -0.3 is 23.6 Å². The maximum atomic E-state index is 12.4. The lowest BCUT2D eigenvalue weighted by Crippen LogP contribution is -2.38. The number of rotatable bonds is 5. The van der Waals surface area contributed by atoms with Gasteiger partial charge in [-0.15, -0.1) is 10.2 Å². The summed E-state index contributed by atoms with van der Waals surface area (Å²) in [7, 11) is 0. The molecule has 5 rings (SSSR count). The highest BCUT2D eigenvalue weighted by molar-refractivity contribution is 5.92. The maximum absolute atomic E-state index is 12.4. The van der Waals surface area contributed by atoms with Gasteiger partial charge in [0.2, 0.25) is 18.6 Å². The van der Waals surface area contributed by atoms with Crippen LogP contribution in [0.15, 0.2) is 45.4 Å². The predicted molar refractivity (Wildman–Crippen MR) is 102 cm³/mol. The van der Waals surface area contributed by atoms with Gasteiger partial charge in [-0.3, -0.25) is 9.69 Å². The van der Waals surface area contributed by atoms with Gasteiger partial charge in [0.15, 0.2) is 17.3 Å². The van der Waals surface area contributed by atoms with Crippen LogP contribution in [-0.4, -0.2) is 47.4 Å². The van der Waals surface area contributed by atoms with Crippen LogP contribution in [0.2, 0.25) is 0 Å². The molecule has 3 aromatic rings. The third kappa shape index (κ3) is 3.81. The Bertz CT molecular complexity index is 992. The molecule has 0 unspecified atom stereocenters. The fraction of sp³-hybridized carbons (Fsp3) is 0.350. The molecule has 1 N–H and O–H groups in total. The minimum Gasteiger partial charge on any atom is -0.459 e. The van der Waals surface area contributed by atoms with Crippen LogP contribution >= 0.6 is 0 Å². The fourth-order valence-electron chi connectivity index (χ4n) is 3.62. The van der Waals surface area contributed by atoms with E-state index in [1.165, 1.54) is 0 Å². The first-order chi connectivity index (χ1) is 14.2. The summed E-state index contributed by atoms with van der Waals surface area (Å²) >= 11 is 0. The Balaban J connectivity index is 1.13. The molecular weight excluding hydrogens is 376 g/mol. The van der Waals surface area contributed by atoms with Crippen molar-refractivity contribution in [1.82, 2.24) is 15.1 Å². The first kappa shape index (κ1) is 17.7. The van der Waals surface area contributed by atoms with Crippen LogP contribution in [0.1, 0.15) is 24.7 Å².